The molecule has 9 nitrogen and oxygen atoms in total. The van der Waals surface area contributed by atoms with E-state index in [-0.39, 0.29) is 0 Å². The molecule has 0 aliphatic rings. The summed E-state index contributed by atoms with van der Waals surface area (Å²) in [6, 6.07) is 0. The Morgan fingerprint density at radius 2 is 2.19 bits per heavy atom. The third-order valence-electron chi connectivity index (χ3n) is 1.72. The van der Waals surface area contributed by atoms with Crippen LogP contribution in [0.1, 0.15) is 5.82 Å². The highest BCUT2D eigenvalue weighted by molar-refractivity contribution is 7.98. The van der Waals surface area contributed by atoms with Crippen LogP contribution in [0.15, 0.2) is 5.16 Å². The molecule has 2 heterocycles. The Bertz CT molecular complexity index is 448. The van der Waals surface area contributed by atoms with Crippen LogP contribution in [0.3, 0.4) is 0 Å². The normalized spacial score (nSPS) is 10.9. The van der Waals surface area contributed by atoms with Gasteiger partial charge in [0.15, 0.2) is 5.82 Å². The third-order valence-corrected chi connectivity index (χ3v) is 2.67. The number of nitrogens with two attached hydrogens (primary N) is 1. The van der Waals surface area contributed by atoms with Gasteiger partial charge in [0.1, 0.15) is 0 Å². The largest absolute Gasteiger partial charge is 0.329 e. The van der Waals surface area contributed by atoms with Gasteiger partial charge in [0.05, 0.1) is 19.3 Å². The second-order valence-corrected chi connectivity index (χ2v) is 3.90. The summed E-state index contributed by atoms with van der Waals surface area (Å²) in [7, 11) is 1.72. The SMILES string of the molecule is Cn1nnc(CSc2nnnn2CCN)n1. The predicted molar refractivity (Wildman–Crippen MR) is 55.2 cm³/mol. The molecule has 0 fully saturated rings. The Morgan fingerprint density at radius 3 is 2.88 bits per heavy atom. The predicted octanol–water partition coefficient (Wildman–Crippen LogP) is -1.55. The summed E-state index contributed by atoms with van der Waals surface area (Å²) in [6.45, 7) is 1.10. The van der Waals surface area contributed by atoms with Crippen LogP contribution in [0.4, 0.5) is 0 Å². The second-order valence-electron chi connectivity index (χ2n) is 2.96. The first-order valence-electron chi connectivity index (χ1n) is 4.61. The number of thioether (sulfide) groups is 1. The minimum atomic E-state index is 0.502. The van der Waals surface area contributed by atoms with Crippen LogP contribution in [-0.2, 0) is 19.3 Å². The first-order chi connectivity index (χ1) is 7.79. The molecule has 2 aromatic rings. The fourth-order valence-electron chi connectivity index (χ4n) is 1.07. The summed E-state index contributed by atoms with van der Waals surface area (Å²) >= 11 is 1.45. The minimum absolute atomic E-state index is 0.502. The van der Waals surface area contributed by atoms with Crippen LogP contribution in [0.5, 0.6) is 0 Å². The number of aryl methyl sites for hydroxylation is 1. The maximum absolute atomic E-state index is 5.44. The van der Waals surface area contributed by atoms with E-state index < -0.39 is 0 Å². The molecule has 2 rings (SSSR count). The molecule has 0 spiro atoms. The maximum Gasteiger partial charge on any atom is 0.209 e. The lowest BCUT2D eigenvalue weighted by atomic mass is 10.7. The van der Waals surface area contributed by atoms with Crippen molar-refractivity contribution in [2.45, 2.75) is 17.5 Å². The summed E-state index contributed by atoms with van der Waals surface area (Å²) < 4.78 is 1.65. The van der Waals surface area contributed by atoms with E-state index in [0.29, 0.717) is 29.8 Å². The van der Waals surface area contributed by atoms with Crippen molar-refractivity contribution in [1.82, 2.24) is 40.4 Å². The summed E-state index contributed by atoms with van der Waals surface area (Å²) in [5.74, 6) is 1.23. The Balaban J connectivity index is 1.96. The van der Waals surface area contributed by atoms with Crippen molar-refractivity contribution in [2.24, 2.45) is 12.8 Å². The Kier molecular flexibility index (Phi) is 3.41. The molecule has 0 radical (unpaired) electrons. The molecule has 0 bridgehead atoms. The molecule has 2 N–H and O–H groups in total. The summed E-state index contributed by atoms with van der Waals surface area (Å²) in [6.07, 6.45) is 0. The van der Waals surface area contributed by atoms with Gasteiger partial charge in [0.25, 0.3) is 0 Å². The van der Waals surface area contributed by atoms with E-state index in [1.54, 1.807) is 11.7 Å². The smallest absolute Gasteiger partial charge is 0.209 e. The lowest BCUT2D eigenvalue weighted by molar-refractivity contribution is 0.557. The van der Waals surface area contributed by atoms with Gasteiger partial charge in [-0.2, -0.15) is 4.80 Å². The van der Waals surface area contributed by atoms with E-state index in [4.69, 9.17) is 5.73 Å². The van der Waals surface area contributed by atoms with Crippen molar-refractivity contribution in [1.29, 1.82) is 0 Å². The molecule has 0 aliphatic carbocycles. The molecule has 0 amide bonds. The summed E-state index contributed by atoms with van der Waals surface area (Å²) in [5, 5.41) is 23.7. The fraction of sp³-hybridized carbons (Fsp3) is 0.667. The second kappa shape index (κ2) is 4.99. The van der Waals surface area contributed by atoms with Gasteiger partial charge in [0, 0.05) is 6.54 Å². The van der Waals surface area contributed by atoms with Gasteiger partial charge >= 0.3 is 0 Å². The Hall–Kier alpha value is -1.55. The van der Waals surface area contributed by atoms with Gasteiger partial charge in [-0.15, -0.1) is 15.3 Å². The number of nitrogens with zero attached hydrogens (tertiary/aromatic N) is 8. The molecule has 2 aromatic heterocycles. The van der Waals surface area contributed by atoms with Gasteiger partial charge < -0.3 is 5.73 Å². The molecule has 0 aliphatic heterocycles. The van der Waals surface area contributed by atoms with Crippen molar-refractivity contribution >= 4 is 11.8 Å². The molecule has 16 heavy (non-hydrogen) atoms. The van der Waals surface area contributed by atoms with Gasteiger partial charge in [-0.1, -0.05) is 11.8 Å². The van der Waals surface area contributed by atoms with Gasteiger partial charge in [-0.05, 0) is 15.6 Å². The van der Waals surface area contributed by atoms with Crippen molar-refractivity contribution in [2.75, 3.05) is 6.54 Å². The van der Waals surface area contributed by atoms with Crippen molar-refractivity contribution in [3.63, 3.8) is 0 Å². The lowest BCUT2D eigenvalue weighted by Crippen LogP contribution is -2.12. The molecule has 86 valence electrons. The van der Waals surface area contributed by atoms with Gasteiger partial charge in [-0.3, -0.25) is 0 Å². The highest BCUT2D eigenvalue weighted by Crippen LogP contribution is 2.16. The first-order valence-corrected chi connectivity index (χ1v) is 5.60. The molecule has 10 heteroatoms. The van der Waals surface area contributed by atoms with Crippen molar-refractivity contribution in [3.8, 4) is 0 Å². The Morgan fingerprint density at radius 1 is 1.31 bits per heavy atom. The third kappa shape index (κ3) is 2.52. The van der Waals surface area contributed by atoms with Crippen LogP contribution in [0, 0.1) is 0 Å². The van der Waals surface area contributed by atoms with Crippen LogP contribution in [-0.4, -0.2) is 47.0 Å². The van der Waals surface area contributed by atoms with Gasteiger partial charge in [0.2, 0.25) is 5.16 Å². The topological polar surface area (TPSA) is 113 Å². The van der Waals surface area contributed by atoms with Gasteiger partial charge in [-0.25, -0.2) is 4.68 Å². The zero-order valence-corrected chi connectivity index (χ0v) is 9.50. The van der Waals surface area contributed by atoms with E-state index in [0.717, 1.165) is 0 Å². The molecule has 0 atom stereocenters. The quantitative estimate of drug-likeness (QED) is 0.626. The molecule has 0 aromatic carbocycles. The van der Waals surface area contributed by atoms with E-state index >= 15 is 0 Å². The average molecular weight is 241 g/mol. The number of aromatic nitrogens is 8. The standard InChI is InChI=1S/C6H11N9S/c1-14-10-5(8-12-14)4-16-6-9-11-13-15(6)3-2-7/h2-4,7H2,1H3. The number of rotatable bonds is 5. The average Bonchev–Trinajstić information content (AvgIpc) is 2.85. The van der Waals surface area contributed by atoms with E-state index in [9.17, 15) is 0 Å². The fourth-order valence-corrected chi connectivity index (χ4v) is 1.82. The molecule has 0 saturated carbocycles. The molecule has 0 unspecified atom stereocenters. The molecule has 0 saturated heterocycles. The molecular formula is C6H11N9S. The number of tetrazole rings is 2. The van der Waals surface area contributed by atoms with Crippen LogP contribution in [0.25, 0.3) is 0 Å². The Labute approximate surface area is 95.4 Å². The number of hydrogen-bond acceptors (Lipinski definition) is 8. The molecular weight excluding hydrogens is 230 g/mol. The van der Waals surface area contributed by atoms with E-state index in [1.165, 1.54) is 16.6 Å². The zero-order chi connectivity index (χ0) is 11.4. The number of hydrogen-bond donors (Lipinski definition) is 1. The summed E-state index contributed by atoms with van der Waals surface area (Å²) in [4.78, 5) is 1.42. The van der Waals surface area contributed by atoms with Crippen molar-refractivity contribution in [3.05, 3.63) is 5.82 Å². The summed E-state index contributed by atoms with van der Waals surface area (Å²) in [5.41, 5.74) is 5.44. The van der Waals surface area contributed by atoms with Crippen LogP contribution >= 0.6 is 11.8 Å². The monoisotopic (exact) mass is 241 g/mol. The van der Waals surface area contributed by atoms with E-state index in [1.807, 2.05) is 0 Å². The van der Waals surface area contributed by atoms with Crippen molar-refractivity contribution < 1.29 is 0 Å². The maximum atomic E-state index is 5.44. The van der Waals surface area contributed by atoms with E-state index in [2.05, 4.69) is 30.9 Å². The first kappa shape index (κ1) is 11.0. The lowest BCUT2D eigenvalue weighted by Gasteiger charge is -1.99. The minimum Gasteiger partial charge on any atom is -0.329 e. The van der Waals surface area contributed by atoms with Crippen LogP contribution < -0.4 is 5.73 Å². The highest BCUT2D eigenvalue weighted by atomic mass is 32.2. The van der Waals surface area contributed by atoms with Crippen LogP contribution in [0.2, 0.25) is 0 Å². The zero-order valence-electron chi connectivity index (χ0n) is 8.68. The highest BCUT2D eigenvalue weighted by Gasteiger charge is 2.08.